The van der Waals surface area contributed by atoms with E-state index in [1.807, 2.05) is 19.2 Å². The van der Waals surface area contributed by atoms with Crippen LogP contribution in [0.4, 0.5) is 0 Å². The Labute approximate surface area is 127 Å². The molecule has 0 unspecified atom stereocenters. The van der Waals surface area contributed by atoms with E-state index in [9.17, 15) is 0 Å². The Hall–Kier alpha value is -1.97. The van der Waals surface area contributed by atoms with Crippen molar-refractivity contribution >= 4 is 5.96 Å². The van der Waals surface area contributed by atoms with Gasteiger partial charge in [0.05, 0.1) is 7.11 Å². The molecule has 0 aromatic heterocycles. The van der Waals surface area contributed by atoms with Crippen molar-refractivity contribution in [3.8, 4) is 5.75 Å². The molecule has 4 nitrogen and oxygen atoms in total. The standard InChI is InChI=1S/C17H25N3O/c1-18-17(20-15-9-3-4-10-15)19-12-6-8-14-7-5-11-16(13-14)21-2/h3-5,7,11,13,15H,6,8-10,12H2,1-2H3,(H2,18,19,20). The van der Waals surface area contributed by atoms with E-state index in [0.717, 1.165) is 43.9 Å². The number of ether oxygens (including phenoxy) is 1. The highest BCUT2D eigenvalue weighted by Crippen LogP contribution is 2.13. The largest absolute Gasteiger partial charge is 0.497 e. The Kier molecular flexibility index (Phi) is 6.13. The Bertz CT molecular complexity index is 489. The predicted molar refractivity (Wildman–Crippen MR) is 88.0 cm³/mol. The van der Waals surface area contributed by atoms with E-state index < -0.39 is 0 Å². The quantitative estimate of drug-likeness (QED) is 0.366. The van der Waals surface area contributed by atoms with Crippen LogP contribution in [0.1, 0.15) is 24.8 Å². The van der Waals surface area contributed by atoms with Crippen molar-refractivity contribution in [3.05, 3.63) is 42.0 Å². The first kappa shape index (κ1) is 15.4. The zero-order valence-electron chi connectivity index (χ0n) is 12.9. The summed E-state index contributed by atoms with van der Waals surface area (Å²) in [6.07, 6.45) is 8.71. The number of aliphatic imine (C=N–C) groups is 1. The first-order valence-electron chi connectivity index (χ1n) is 7.57. The van der Waals surface area contributed by atoms with Gasteiger partial charge in [0.1, 0.15) is 5.75 Å². The zero-order valence-corrected chi connectivity index (χ0v) is 12.9. The zero-order chi connectivity index (χ0) is 14.9. The fourth-order valence-electron chi connectivity index (χ4n) is 2.45. The van der Waals surface area contributed by atoms with Crippen LogP contribution >= 0.6 is 0 Å². The Balaban J connectivity index is 1.68. The number of benzene rings is 1. The third kappa shape index (κ3) is 5.14. The summed E-state index contributed by atoms with van der Waals surface area (Å²) in [5, 5.41) is 6.81. The molecule has 0 radical (unpaired) electrons. The monoisotopic (exact) mass is 287 g/mol. The second kappa shape index (κ2) is 8.35. The third-order valence-corrected chi connectivity index (χ3v) is 3.64. The summed E-state index contributed by atoms with van der Waals surface area (Å²) < 4.78 is 5.24. The van der Waals surface area contributed by atoms with Crippen LogP contribution < -0.4 is 15.4 Å². The van der Waals surface area contributed by atoms with Gasteiger partial charge in [0.2, 0.25) is 0 Å². The van der Waals surface area contributed by atoms with Crippen LogP contribution in [0.25, 0.3) is 0 Å². The van der Waals surface area contributed by atoms with Gasteiger partial charge in [-0.1, -0.05) is 24.3 Å². The molecule has 0 spiro atoms. The maximum absolute atomic E-state index is 5.24. The topological polar surface area (TPSA) is 45.7 Å². The lowest BCUT2D eigenvalue weighted by Crippen LogP contribution is -2.42. The summed E-state index contributed by atoms with van der Waals surface area (Å²) in [6.45, 7) is 0.914. The predicted octanol–water partition coefficient (Wildman–Crippen LogP) is 2.51. The molecule has 0 heterocycles. The van der Waals surface area contributed by atoms with E-state index in [-0.39, 0.29) is 0 Å². The van der Waals surface area contributed by atoms with Crippen molar-refractivity contribution in [2.75, 3.05) is 20.7 Å². The molecule has 1 aliphatic carbocycles. The average Bonchev–Trinajstić information content (AvgIpc) is 3.03. The van der Waals surface area contributed by atoms with E-state index in [0.29, 0.717) is 6.04 Å². The molecule has 1 aromatic rings. The molecule has 0 fully saturated rings. The summed E-state index contributed by atoms with van der Waals surface area (Å²) in [5.74, 6) is 1.82. The molecule has 2 N–H and O–H groups in total. The number of guanidine groups is 1. The van der Waals surface area contributed by atoms with Crippen molar-refractivity contribution in [1.29, 1.82) is 0 Å². The molecule has 114 valence electrons. The molecule has 1 aliphatic rings. The molecule has 0 saturated carbocycles. The average molecular weight is 287 g/mol. The molecule has 4 heteroatoms. The second-order valence-corrected chi connectivity index (χ2v) is 5.24. The number of nitrogens with zero attached hydrogens (tertiary/aromatic N) is 1. The number of hydrogen-bond acceptors (Lipinski definition) is 2. The van der Waals surface area contributed by atoms with Crippen LogP contribution in [0.2, 0.25) is 0 Å². The highest BCUT2D eigenvalue weighted by molar-refractivity contribution is 5.80. The number of methoxy groups -OCH3 is 1. The van der Waals surface area contributed by atoms with Crippen molar-refractivity contribution in [2.24, 2.45) is 4.99 Å². The Morgan fingerprint density at radius 3 is 2.86 bits per heavy atom. The van der Waals surface area contributed by atoms with Crippen LogP contribution in [-0.4, -0.2) is 32.7 Å². The highest BCUT2D eigenvalue weighted by Gasteiger charge is 2.11. The summed E-state index contributed by atoms with van der Waals surface area (Å²) in [6, 6.07) is 8.74. The molecule has 0 amide bonds. The van der Waals surface area contributed by atoms with E-state index in [1.54, 1.807) is 7.11 Å². The fraction of sp³-hybridized carbons (Fsp3) is 0.471. The van der Waals surface area contributed by atoms with Crippen LogP contribution in [0.5, 0.6) is 5.75 Å². The van der Waals surface area contributed by atoms with E-state index in [1.165, 1.54) is 5.56 Å². The minimum atomic E-state index is 0.495. The maximum atomic E-state index is 5.24. The van der Waals surface area contributed by atoms with Crippen molar-refractivity contribution in [3.63, 3.8) is 0 Å². The number of rotatable bonds is 6. The van der Waals surface area contributed by atoms with Gasteiger partial charge in [-0.25, -0.2) is 0 Å². The maximum Gasteiger partial charge on any atom is 0.191 e. The van der Waals surface area contributed by atoms with Crippen molar-refractivity contribution in [2.45, 2.75) is 31.7 Å². The van der Waals surface area contributed by atoms with Gasteiger partial charge in [-0.3, -0.25) is 4.99 Å². The molecule has 21 heavy (non-hydrogen) atoms. The summed E-state index contributed by atoms with van der Waals surface area (Å²) in [4.78, 5) is 4.27. The molecule has 1 aromatic carbocycles. The van der Waals surface area contributed by atoms with Gasteiger partial charge in [-0.05, 0) is 43.4 Å². The molecule has 0 bridgehead atoms. The molecule has 0 saturated heterocycles. The normalized spacial score (nSPS) is 15.2. The summed E-state index contributed by atoms with van der Waals surface area (Å²) >= 11 is 0. The fourth-order valence-corrected chi connectivity index (χ4v) is 2.45. The van der Waals surface area contributed by atoms with Gasteiger partial charge < -0.3 is 15.4 Å². The minimum Gasteiger partial charge on any atom is -0.497 e. The number of aryl methyl sites for hydroxylation is 1. The third-order valence-electron chi connectivity index (χ3n) is 3.64. The Morgan fingerprint density at radius 2 is 2.14 bits per heavy atom. The molecule has 0 aliphatic heterocycles. The first-order valence-corrected chi connectivity index (χ1v) is 7.57. The minimum absolute atomic E-state index is 0.495. The first-order chi connectivity index (χ1) is 10.3. The highest BCUT2D eigenvalue weighted by atomic mass is 16.5. The van der Waals surface area contributed by atoms with Crippen LogP contribution in [0.3, 0.4) is 0 Å². The number of hydrogen-bond donors (Lipinski definition) is 2. The smallest absolute Gasteiger partial charge is 0.191 e. The van der Waals surface area contributed by atoms with Crippen LogP contribution in [-0.2, 0) is 6.42 Å². The summed E-state index contributed by atoms with van der Waals surface area (Å²) in [7, 11) is 3.52. The van der Waals surface area contributed by atoms with E-state index >= 15 is 0 Å². The Morgan fingerprint density at radius 1 is 1.33 bits per heavy atom. The second-order valence-electron chi connectivity index (χ2n) is 5.24. The van der Waals surface area contributed by atoms with Gasteiger partial charge in [0, 0.05) is 19.6 Å². The van der Waals surface area contributed by atoms with Gasteiger partial charge in [0.15, 0.2) is 5.96 Å². The number of nitrogens with one attached hydrogen (secondary N) is 2. The lowest BCUT2D eigenvalue weighted by atomic mass is 10.1. The summed E-state index contributed by atoms with van der Waals surface area (Å²) in [5.41, 5.74) is 1.30. The van der Waals surface area contributed by atoms with Crippen molar-refractivity contribution < 1.29 is 4.74 Å². The van der Waals surface area contributed by atoms with Gasteiger partial charge in [-0.2, -0.15) is 0 Å². The van der Waals surface area contributed by atoms with Gasteiger partial charge >= 0.3 is 0 Å². The molecule has 0 atom stereocenters. The SMILES string of the molecule is CN=C(NCCCc1cccc(OC)c1)NC1CC=CC1. The molecular weight excluding hydrogens is 262 g/mol. The lowest BCUT2D eigenvalue weighted by molar-refractivity contribution is 0.414. The van der Waals surface area contributed by atoms with Crippen LogP contribution in [0.15, 0.2) is 41.4 Å². The van der Waals surface area contributed by atoms with Crippen LogP contribution in [0, 0.1) is 0 Å². The van der Waals surface area contributed by atoms with E-state index in [4.69, 9.17) is 4.74 Å². The lowest BCUT2D eigenvalue weighted by Gasteiger charge is -2.16. The molecular formula is C17H25N3O. The van der Waals surface area contributed by atoms with Gasteiger partial charge in [0.25, 0.3) is 0 Å². The van der Waals surface area contributed by atoms with Crippen molar-refractivity contribution in [1.82, 2.24) is 10.6 Å². The molecule has 2 rings (SSSR count). The van der Waals surface area contributed by atoms with Gasteiger partial charge in [-0.15, -0.1) is 0 Å². The van der Waals surface area contributed by atoms with E-state index in [2.05, 4.69) is 39.9 Å².